The van der Waals surface area contributed by atoms with Gasteiger partial charge in [-0.15, -0.1) is 0 Å². The number of hydrogen-bond donors (Lipinski definition) is 2. The third kappa shape index (κ3) is 2.66. The molecule has 1 aliphatic rings. The van der Waals surface area contributed by atoms with Crippen LogP contribution in [0.5, 0.6) is 0 Å². The molecule has 0 radical (unpaired) electrons. The molecule has 7 nitrogen and oxygen atoms in total. The lowest BCUT2D eigenvalue weighted by atomic mass is 9.95. The summed E-state index contributed by atoms with van der Waals surface area (Å²) in [5, 5.41) is 5.48. The second-order valence-electron chi connectivity index (χ2n) is 7.41. The fraction of sp³-hybridized carbons (Fsp3) is 0.286. The highest BCUT2D eigenvalue weighted by Gasteiger charge is 2.33. The van der Waals surface area contributed by atoms with E-state index in [2.05, 4.69) is 31.9 Å². The summed E-state index contributed by atoms with van der Waals surface area (Å²) in [6.45, 7) is 3.48. The third-order valence-electron chi connectivity index (χ3n) is 5.80. The van der Waals surface area contributed by atoms with Gasteiger partial charge in [-0.3, -0.25) is 14.4 Å². The lowest BCUT2D eigenvalue weighted by molar-refractivity contribution is 0.199. The van der Waals surface area contributed by atoms with Crippen LogP contribution < -0.4 is 5.56 Å². The van der Waals surface area contributed by atoms with Gasteiger partial charge in [-0.2, -0.15) is 5.10 Å². The molecule has 5 rings (SSSR count). The highest BCUT2D eigenvalue weighted by atomic mass is 16.1. The van der Waals surface area contributed by atoms with Gasteiger partial charge in [-0.1, -0.05) is 18.2 Å². The van der Waals surface area contributed by atoms with E-state index in [-0.39, 0.29) is 11.6 Å². The number of rotatable bonds is 3. The van der Waals surface area contributed by atoms with Gasteiger partial charge in [0.25, 0.3) is 5.56 Å². The van der Waals surface area contributed by atoms with Gasteiger partial charge in [0.15, 0.2) is 0 Å². The molecular formula is C21H22N6O. The number of para-hydroxylation sites is 1. The molecule has 4 heterocycles. The summed E-state index contributed by atoms with van der Waals surface area (Å²) in [7, 11) is 1.95. The van der Waals surface area contributed by atoms with Crippen LogP contribution in [0, 0.1) is 6.92 Å². The summed E-state index contributed by atoms with van der Waals surface area (Å²) in [5.41, 5.74) is 6.03. The Balaban J connectivity index is 1.58. The molecule has 0 saturated heterocycles. The largest absolute Gasteiger partial charge is 0.348 e. The van der Waals surface area contributed by atoms with Crippen molar-refractivity contribution >= 4 is 10.9 Å². The highest BCUT2D eigenvalue weighted by Crippen LogP contribution is 2.35. The standard InChI is InChI=1S/C21H22N6O/c1-13-16(10-24-26(13)2)20-19-18(22-12-23-19)7-8-27(20)11-15-9-14-5-3-4-6-17(14)25-21(15)28/h3-6,9-10,12,20H,7-8,11H2,1-2H3,(H,22,23)(H,25,28)/t20-/m0/s1. The van der Waals surface area contributed by atoms with E-state index in [0.717, 1.165) is 52.1 Å². The Labute approximate surface area is 162 Å². The van der Waals surface area contributed by atoms with Gasteiger partial charge in [0.05, 0.1) is 24.3 Å². The van der Waals surface area contributed by atoms with E-state index in [9.17, 15) is 4.79 Å². The molecule has 28 heavy (non-hydrogen) atoms. The Morgan fingerprint density at radius 2 is 2.14 bits per heavy atom. The van der Waals surface area contributed by atoms with E-state index < -0.39 is 0 Å². The van der Waals surface area contributed by atoms with Crippen molar-refractivity contribution in [2.24, 2.45) is 7.05 Å². The van der Waals surface area contributed by atoms with E-state index in [0.29, 0.717) is 6.54 Å². The van der Waals surface area contributed by atoms with Crippen molar-refractivity contribution in [3.05, 3.63) is 81.4 Å². The predicted octanol–water partition coefficient (Wildman–Crippen LogP) is 2.44. The van der Waals surface area contributed by atoms with Crippen LogP contribution >= 0.6 is 0 Å². The minimum absolute atomic E-state index is 0.0189. The van der Waals surface area contributed by atoms with Gasteiger partial charge in [0.1, 0.15) is 0 Å². The first-order valence-corrected chi connectivity index (χ1v) is 9.47. The van der Waals surface area contributed by atoms with Crippen molar-refractivity contribution in [2.45, 2.75) is 25.9 Å². The fourth-order valence-electron chi connectivity index (χ4n) is 4.15. The van der Waals surface area contributed by atoms with Crippen molar-refractivity contribution < 1.29 is 0 Å². The first kappa shape index (κ1) is 16.9. The average Bonchev–Trinajstić information content (AvgIpc) is 3.30. The van der Waals surface area contributed by atoms with Crippen molar-refractivity contribution in [3.8, 4) is 0 Å². The molecule has 142 valence electrons. The molecule has 1 atom stereocenters. The molecule has 3 aromatic heterocycles. The number of nitrogens with one attached hydrogen (secondary N) is 2. The van der Waals surface area contributed by atoms with Gasteiger partial charge in [-0.05, 0) is 24.4 Å². The number of aryl methyl sites for hydroxylation is 1. The molecule has 7 heteroatoms. The minimum Gasteiger partial charge on any atom is -0.348 e. The summed E-state index contributed by atoms with van der Waals surface area (Å²) in [5.74, 6) is 0. The highest BCUT2D eigenvalue weighted by molar-refractivity contribution is 5.78. The smallest absolute Gasteiger partial charge is 0.252 e. The molecule has 0 fully saturated rings. The maximum Gasteiger partial charge on any atom is 0.252 e. The zero-order valence-electron chi connectivity index (χ0n) is 15.9. The molecule has 0 amide bonds. The summed E-state index contributed by atoms with van der Waals surface area (Å²) < 4.78 is 1.89. The third-order valence-corrected chi connectivity index (χ3v) is 5.80. The lowest BCUT2D eigenvalue weighted by Crippen LogP contribution is -2.37. The number of fused-ring (bicyclic) bond motifs is 2. The molecular weight excluding hydrogens is 352 g/mol. The molecule has 4 aromatic rings. The summed E-state index contributed by atoms with van der Waals surface area (Å²) in [6, 6.07) is 9.86. The number of H-pyrrole nitrogens is 2. The summed E-state index contributed by atoms with van der Waals surface area (Å²) in [4.78, 5) is 25.9. The lowest BCUT2D eigenvalue weighted by Gasteiger charge is -2.34. The predicted molar refractivity (Wildman–Crippen MR) is 107 cm³/mol. The molecule has 2 N–H and O–H groups in total. The Hall–Kier alpha value is -3.19. The van der Waals surface area contributed by atoms with Crippen LogP contribution in [0.2, 0.25) is 0 Å². The Morgan fingerprint density at radius 1 is 1.29 bits per heavy atom. The van der Waals surface area contributed by atoms with Crippen molar-refractivity contribution in [2.75, 3.05) is 6.54 Å². The van der Waals surface area contributed by atoms with Crippen LogP contribution in [0.4, 0.5) is 0 Å². The van der Waals surface area contributed by atoms with E-state index in [1.807, 2.05) is 48.3 Å². The van der Waals surface area contributed by atoms with Crippen molar-refractivity contribution in [1.29, 1.82) is 0 Å². The van der Waals surface area contributed by atoms with Gasteiger partial charge in [-0.25, -0.2) is 4.98 Å². The van der Waals surface area contributed by atoms with Gasteiger partial charge < -0.3 is 9.97 Å². The quantitative estimate of drug-likeness (QED) is 0.577. The van der Waals surface area contributed by atoms with Crippen molar-refractivity contribution in [3.63, 3.8) is 0 Å². The number of aromatic nitrogens is 5. The van der Waals surface area contributed by atoms with E-state index in [1.54, 1.807) is 6.33 Å². The second kappa shape index (κ2) is 6.45. The number of pyridine rings is 1. The van der Waals surface area contributed by atoms with Crippen LogP contribution in [0.1, 0.15) is 34.3 Å². The fourth-order valence-corrected chi connectivity index (χ4v) is 4.15. The number of aromatic amines is 2. The number of hydrogen-bond acceptors (Lipinski definition) is 4. The summed E-state index contributed by atoms with van der Waals surface area (Å²) in [6.07, 6.45) is 4.56. The van der Waals surface area contributed by atoms with Crippen molar-refractivity contribution in [1.82, 2.24) is 29.6 Å². The van der Waals surface area contributed by atoms with Gasteiger partial charge in [0, 0.05) is 54.6 Å². The summed E-state index contributed by atoms with van der Waals surface area (Å²) >= 11 is 0. The van der Waals surface area contributed by atoms with E-state index in [1.165, 1.54) is 0 Å². The van der Waals surface area contributed by atoms with Crippen LogP contribution in [0.25, 0.3) is 10.9 Å². The molecule has 1 aliphatic heterocycles. The zero-order chi connectivity index (χ0) is 19.3. The first-order chi connectivity index (χ1) is 13.6. The SMILES string of the molecule is Cc1c([C@H]2c3nc[nH]c3CCN2Cc2cc3ccccc3[nH]c2=O)cnn1C. The van der Waals surface area contributed by atoms with Crippen LogP contribution in [0.15, 0.2) is 47.7 Å². The maximum atomic E-state index is 12.7. The number of nitrogens with zero attached hydrogens (tertiary/aromatic N) is 4. The Kier molecular flexibility index (Phi) is 3.91. The van der Waals surface area contributed by atoms with Crippen LogP contribution in [0.3, 0.4) is 0 Å². The molecule has 0 unspecified atom stereocenters. The van der Waals surface area contributed by atoms with Crippen LogP contribution in [-0.4, -0.2) is 36.2 Å². The number of imidazole rings is 1. The molecule has 0 saturated carbocycles. The minimum atomic E-state index is -0.0341. The monoisotopic (exact) mass is 374 g/mol. The molecule has 0 aliphatic carbocycles. The van der Waals surface area contributed by atoms with Crippen LogP contribution in [-0.2, 0) is 20.0 Å². The van der Waals surface area contributed by atoms with Gasteiger partial charge >= 0.3 is 0 Å². The molecule has 0 spiro atoms. The van der Waals surface area contributed by atoms with Gasteiger partial charge in [0.2, 0.25) is 0 Å². The maximum absolute atomic E-state index is 12.7. The Bertz CT molecular complexity index is 1220. The topological polar surface area (TPSA) is 82.6 Å². The Morgan fingerprint density at radius 3 is 2.96 bits per heavy atom. The molecule has 1 aromatic carbocycles. The first-order valence-electron chi connectivity index (χ1n) is 9.47. The zero-order valence-corrected chi connectivity index (χ0v) is 15.9. The number of benzene rings is 1. The average molecular weight is 374 g/mol. The van der Waals surface area contributed by atoms with E-state index in [4.69, 9.17) is 0 Å². The molecule has 0 bridgehead atoms. The second-order valence-corrected chi connectivity index (χ2v) is 7.41. The normalized spacial score (nSPS) is 17.1. The van der Waals surface area contributed by atoms with E-state index >= 15 is 0 Å².